The third-order valence-electron chi connectivity index (χ3n) is 5.75. The van der Waals surface area contributed by atoms with E-state index in [1.54, 1.807) is 16.3 Å². The molecule has 0 saturated carbocycles. The molecule has 3 aromatic heterocycles. The Bertz CT molecular complexity index is 1280. The summed E-state index contributed by atoms with van der Waals surface area (Å²) >= 11 is 5.32. The monoisotopic (exact) mass is 595 g/mol. The highest BCUT2D eigenvalue weighted by Crippen LogP contribution is 2.37. The summed E-state index contributed by atoms with van der Waals surface area (Å²) in [5, 5.41) is 22.2. The van der Waals surface area contributed by atoms with E-state index < -0.39 is 24.5 Å². The number of ether oxygens (including phenoxy) is 1. The predicted octanol–water partition coefficient (Wildman–Crippen LogP) is 3.60. The molecular weight excluding hydrogens is 573 g/mol. The number of aliphatic hydroxyl groups excluding tert-OH is 2. The number of benzene rings is 1. The number of thioether (sulfide) groups is 1. The fourth-order valence-electron chi connectivity index (χ4n) is 4.00. The molecule has 0 radical (unpaired) electrons. The van der Waals surface area contributed by atoms with Crippen molar-refractivity contribution in [3.63, 3.8) is 0 Å². The zero-order valence-electron chi connectivity index (χ0n) is 17.6. The highest BCUT2D eigenvalue weighted by Gasteiger charge is 2.44. The lowest BCUT2D eigenvalue weighted by Crippen LogP contribution is -2.32. The van der Waals surface area contributed by atoms with Gasteiger partial charge in [-0.15, -0.1) is 0 Å². The van der Waals surface area contributed by atoms with Crippen molar-refractivity contribution in [1.29, 1.82) is 0 Å². The zero-order chi connectivity index (χ0) is 23.1. The number of anilines is 1. The molecule has 1 aromatic carbocycles. The molecule has 4 heterocycles. The van der Waals surface area contributed by atoms with E-state index in [4.69, 9.17) is 10.5 Å². The van der Waals surface area contributed by atoms with Gasteiger partial charge in [-0.2, -0.15) is 16.1 Å². The molecule has 0 unspecified atom stereocenters. The predicted molar refractivity (Wildman–Crippen MR) is 139 cm³/mol. The van der Waals surface area contributed by atoms with Crippen molar-refractivity contribution in [3.8, 4) is 10.4 Å². The lowest BCUT2D eigenvalue weighted by atomic mass is 10.1. The van der Waals surface area contributed by atoms with E-state index in [2.05, 4.69) is 49.1 Å². The van der Waals surface area contributed by atoms with Gasteiger partial charge >= 0.3 is 0 Å². The van der Waals surface area contributed by atoms with Crippen LogP contribution in [0.5, 0.6) is 0 Å². The van der Waals surface area contributed by atoms with Crippen molar-refractivity contribution in [3.05, 3.63) is 57.7 Å². The molecule has 4 aromatic rings. The van der Waals surface area contributed by atoms with Crippen LogP contribution in [0.3, 0.4) is 0 Å². The van der Waals surface area contributed by atoms with Crippen molar-refractivity contribution in [2.24, 2.45) is 0 Å². The van der Waals surface area contributed by atoms with Crippen molar-refractivity contribution >= 4 is 62.7 Å². The summed E-state index contributed by atoms with van der Waals surface area (Å²) in [6.45, 7) is 2.02. The molecule has 1 aliphatic rings. The van der Waals surface area contributed by atoms with Crippen molar-refractivity contribution in [1.82, 2.24) is 18.9 Å². The first-order chi connectivity index (χ1) is 16.0. The number of hydrogen-bond acceptors (Lipinski definition) is 9. The van der Waals surface area contributed by atoms with Crippen LogP contribution in [-0.2, 0) is 10.5 Å². The second kappa shape index (κ2) is 9.47. The van der Waals surface area contributed by atoms with Gasteiger partial charge in [-0.1, -0.05) is 30.3 Å². The summed E-state index contributed by atoms with van der Waals surface area (Å²) < 4.78 is 13.3. The van der Waals surface area contributed by atoms with E-state index in [0.29, 0.717) is 17.2 Å². The van der Waals surface area contributed by atoms with Gasteiger partial charge in [0.2, 0.25) is 0 Å². The SMILES string of the molecule is Cc1nsc(-c2ccccc2)c1CSC[C@H]1O[C@@H](n2cc(I)c3c(N)ncnc32)[C@H](O)[C@@H]1O. The van der Waals surface area contributed by atoms with Crippen LogP contribution in [0.2, 0.25) is 0 Å². The topological polar surface area (TPSA) is 119 Å². The molecule has 0 spiro atoms. The first-order valence-corrected chi connectivity index (χ1v) is 13.3. The number of nitrogens with two attached hydrogens (primary N) is 1. The first-order valence-electron chi connectivity index (χ1n) is 10.3. The molecule has 172 valence electrons. The van der Waals surface area contributed by atoms with Crippen LogP contribution in [0, 0.1) is 10.5 Å². The van der Waals surface area contributed by atoms with Gasteiger partial charge in [0.1, 0.15) is 30.0 Å². The highest BCUT2D eigenvalue weighted by molar-refractivity contribution is 14.1. The Kier molecular flexibility index (Phi) is 6.60. The van der Waals surface area contributed by atoms with E-state index in [1.807, 2.05) is 31.3 Å². The van der Waals surface area contributed by atoms with E-state index in [-0.39, 0.29) is 0 Å². The van der Waals surface area contributed by atoms with Crippen LogP contribution in [-0.4, -0.2) is 53.2 Å². The van der Waals surface area contributed by atoms with E-state index >= 15 is 0 Å². The number of fused-ring (bicyclic) bond motifs is 1. The van der Waals surface area contributed by atoms with Gasteiger partial charge in [-0.25, -0.2) is 9.97 Å². The van der Waals surface area contributed by atoms with E-state index in [9.17, 15) is 10.2 Å². The fraction of sp³-hybridized carbons (Fsp3) is 0.318. The van der Waals surface area contributed by atoms with Gasteiger partial charge in [0.05, 0.1) is 22.1 Å². The quantitative estimate of drug-likeness (QED) is 0.290. The molecule has 5 rings (SSSR count). The Labute approximate surface area is 212 Å². The molecule has 11 heteroatoms. The largest absolute Gasteiger partial charge is 0.387 e. The maximum absolute atomic E-state index is 10.7. The molecule has 1 saturated heterocycles. The standard InChI is InChI=1S/C22H22IN5O3S2/c1-11-13(19(33-27-11)12-5-3-2-4-6-12)8-32-9-15-17(29)18(30)22(31-15)28-7-14(23)16-20(24)25-10-26-21(16)28/h2-7,10,15,17-18,22,29-30H,8-9H2,1H3,(H2,24,25,26)/t15-,17-,18-,22-/m1/s1. The molecule has 0 amide bonds. The Morgan fingerprint density at radius 3 is 2.79 bits per heavy atom. The average Bonchev–Trinajstić information content (AvgIpc) is 3.44. The van der Waals surface area contributed by atoms with E-state index in [0.717, 1.165) is 30.8 Å². The Morgan fingerprint density at radius 2 is 2.00 bits per heavy atom. The highest BCUT2D eigenvalue weighted by atomic mass is 127. The van der Waals surface area contributed by atoms with Crippen LogP contribution in [0.15, 0.2) is 42.9 Å². The van der Waals surface area contributed by atoms with Crippen LogP contribution >= 0.6 is 45.9 Å². The maximum Gasteiger partial charge on any atom is 0.164 e. The van der Waals surface area contributed by atoms with Gasteiger partial charge in [0, 0.05) is 26.8 Å². The minimum Gasteiger partial charge on any atom is -0.387 e. The third kappa shape index (κ3) is 4.26. The van der Waals surface area contributed by atoms with Gasteiger partial charge in [0.25, 0.3) is 0 Å². The van der Waals surface area contributed by atoms with Crippen LogP contribution in [0.25, 0.3) is 21.5 Å². The minimum absolute atomic E-state index is 0.372. The van der Waals surface area contributed by atoms with Crippen molar-refractivity contribution in [2.75, 3.05) is 11.5 Å². The van der Waals surface area contributed by atoms with Gasteiger partial charge in [0.15, 0.2) is 6.23 Å². The van der Waals surface area contributed by atoms with Crippen LogP contribution in [0.1, 0.15) is 17.5 Å². The number of nitrogen functional groups attached to an aromatic ring is 1. The molecule has 4 N–H and O–H groups in total. The summed E-state index contributed by atoms with van der Waals surface area (Å²) in [7, 11) is 0. The van der Waals surface area contributed by atoms with Gasteiger partial charge in [-0.3, -0.25) is 0 Å². The summed E-state index contributed by atoms with van der Waals surface area (Å²) in [4.78, 5) is 9.53. The van der Waals surface area contributed by atoms with Gasteiger partial charge in [-0.05, 0) is 46.6 Å². The third-order valence-corrected chi connectivity index (χ3v) is 8.66. The Hall–Kier alpha value is -1.77. The molecule has 4 atom stereocenters. The molecule has 1 fully saturated rings. The zero-order valence-corrected chi connectivity index (χ0v) is 21.4. The molecule has 0 bridgehead atoms. The summed E-state index contributed by atoms with van der Waals surface area (Å²) in [6.07, 6.45) is -0.156. The lowest BCUT2D eigenvalue weighted by Gasteiger charge is -2.17. The average molecular weight is 595 g/mol. The lowest BCUT2D eigenvalue weighted by molar-refractivity contribution is -0.0286. The number of aryl methyl sites for hydroxylation is 1. The number of aliphatic hydroxyl groups is 2. The molecular formula is C22H22IN5O3S2. The number of hydrogen-bond donors (Lipinski definition) is 3. The van der Waals surface area contributed by atoms with Crippen LogP contribution in [0.4, 0.5) is 5.82 Å². The molecule has 0 aliphatic carbocycles. The summed E-state index contributed by atoms with van der Waals surface area (Å²) in [5.74, 6) is 1.65. The normalized spacial score (nSPS) is 22.9. The second-order valence-corrected chi connectivity index (χ2v) is 10.8. The van der Waals surface area contributed by atoms with Crippen molar-refractivity contribution < 1.29 is 14.9 Å². The minimum atomic E-state index is -1.08. The van der Waals surface area contributed by atoms with E-state index in [1.165, 1.54) is 23.4 Å². The number of nitrogens with zero attached hydrogens (tertiary/aromatic N) is 4. The fourth-order valence-corrected chi connectivity index (χ4v) is 7.01. The van der Waals surface area contributed by atoms with Crippen molar-refractivity contribution in [2.45, 2.75) is 37.2 Å². The second-order valence-electron chi connectivity index (χ2n) is 7.84. The Morgan fingerprint density at radius 1 is 1.21 bits per heavy atom. The number of rotatable bonds is 6. The summed E-state index contributed by atoms with van der Waals surface area (Å²) in [6, 6.07) is 10.2. The molecule has 33 heavy (non-hydrogen) atoms. The first kappa shape index (κ1) is 23.0. The Balaban J connectivity index is 1.30. The number of aromatic nitrogens is 4. The van der Waals surface area contributed by atoms with Crippen LogP contribution < -0.4 is 5.73 Å². The van der Waals surface area contributed by atoms with Gasteiger partial charge < -0.3 is 25.3 Å². The smallest absolute Gasteiger partial charge is 0.164 e. The summed E-state index contributed by atoms with van der Waals surface area (Å²) in [5.41, 5.74) is 9.94. The maximum atomic E-state index is 10.7. The number of halogens is 1. The molecule has 8 nitrogen and oxygen atoms in total. The molecule has 1 aliphatic heterocycles.